The normalized spacial score (nSPS) is 10.9. The van der Waals surface area contributed by atoms with Crippen LogP contribution in [0.15, 0.2) is 22.2 Å². The van der Waals surface area contributed by atoms with Gasteiger partial charge in [-0.2, -0.15) is 0 Å². The number of aryl methyl sites for hydroxylation is 1. The van der Waals surface area contributed by atoms with E-state index in [9.17, 15) is 0 Å². The molecule has 0 fully saturated rings. The maximum absolute atomic E-state index is 4.23. The van der Waals surface area contributed by atoms with E-state index in [4.69, 9.17) is 0 Å². The molecule has 0 atom stereocenters. The molecule has 0 aliphatic carbocycles. The first-order valence-electron chi connectivity index (χ1n) is 3.71. The molecule has 1 aromatic heterocycles. The van der Waals surface area contributed by atoms with Crippen molar-refractivity contribution in [1.82, 2.24) is 4.98 Å². The van der Waals surface area contributed by atoms with Gasteiger partial charge in [-0.25, -0.2) is 0 Å². The highest BCUT2D eigenvalue weighted by atomic mass is 32.2. The first-order chi connectivity index (χ1) is 5.79. The fourth-order valence-corrected chi connectivity index (χ4v) is 1.75. The SMILES string of the molecule is C/N=C\c1nccc(C)c1SC. The molecule has 2 nitrogen and oxygen atoms in total. The molecule has 0 N–H and O–H groups in total. The Balaban J connectivity index is 3.18. The third-order valence-electron chi connectivity index (χ3n) is 1.58. The number of hydrogen-bond donors (Lipinski definition) is 0. The Labute approximate surface area is 77.1 Å². The topological polar surface area (TPSA) is 25.2 Å². The van der Waals surface area contributed by atoms with Crippen LogP contribution in [-0.2, 0) is 0 Å². The molecule has 0 radical (unpaired) electrons. The lowest BCUT2D eigenvalue weighted by molar-refractivity contribution is 1.15. The Morgan fingerprint density at radius 1 is 1.58 bits per heavy atom. The maximum atomic E-state index is 4.23. The molecule has 64 valence electrons. The molecule has 0 aliphatic rings. The summed E-state index contributed by atoms with van der Waals surface area (Å²) in [5.74, 6) is 0. The van der Waals surface area contributed by atoms with Crippen molar-refractivity contribution in [3.63, 3.8) is 0 Å². The largest absolute Gasteiger partial charge is 0.294 e. The van der Waals surface area contributed by atoms with Crippen molar-refractivity contribution in [1.29, 1.82) is 0 Å². The Hall–Kier alpha value is -0.830. The molecule has 0 unspecified atom stereocenters. The molecule has 0 aliphatic heterocycles. The number of nitrogens with zero attached hydrogens (tertiary/aromatic N) is 2. The monoisotopic (exact) mass is 180 g/mol. The van der Waals surface area contributed by atoms with Crippen LogP contribution in [0.25, 0.3) is 0 Å². The number of pyridine rings is 1. The average Bonchev–Trinajstić information content (AvgIpc) is 2.05. The lowest BCUT2D eigenvalue weighted by Crippen LogP contribution is -1.92. The Kier molecular flexibility index (Phi) is 3.29. The lowest BCUT2D eigenvalue weighted by atomic mass is 10.2. The highest BCUT2D eigenvalue weighted by Gasteiger charge is 2.02. The Morgan fingerprint density at radius 3 is 2.92 bits per heavy atom. The molecular weight excluding hydrogens is 168 g/mol. The first-order valence-corrected chi connectivity index (χ1v) is 4.94. The van der Waals surface area contributed by atoms with Gasteiger partial charge in [0.05, 0.1) is 5.69 Å². The van der Waals surface area contributed by atoms with Crippen LogP contribution in [0.2, 0.25) is 0 Å². The van der Waals surface area contributed by atoms with E-state index >= 15 is 0 Å². The van der Waals surface area contributed by atoms with Gasteiger partial charge in [-0.15, -0.1) is 11.8 Å². The van der Waals surface area contributed by atoms with Gasteiger partial charge in [-0.05, 0) is 24.8 Å². The fraction of sp³-hybridized carbons (Fsp3) is 0.333. The molecule has 0 amide bonds. The minimum absolute atomic E-state index is 0.963. The quantitative estimate of drug-likeness (QED) is 0.514. The Bertz CT molecular complexity index is 295. The van der Waals surface area contributed by atoms with Crippen LogP contribution in [0.5, 0.6) is 0 Å². The molecule has 0 bridgehead atoms. The summed E-state index contributed by atoms with van der Waals surface area (Å²) in [6, 6.07) is 2.01. The van der Waals surface area contributed by atoms with Crippen LogP contribution in [0.1, 0.15) is 11.3 Å². The average molecular weight is 180 g/mol. The zero-order valence-corrected chi connectivity index (χ0v) is 8.35. The minimum atomic E-state index is 0.963. The van der Waals surface area contributed by atoms with E-state index in [1.807, 2.05) is 12.3 Å². The van der Waals surface area contributed by atoms with Crippen LogP contribution in [0.4, 0.5) is 0 Å². The lowest BCUT2D eigenvalue weighted by Gasteiger charge is -2.03. The van der Waals surface area contributed by atoms with Crippen LogP contribution in [-0.4, -0.2) is 24.5 Å². The summed E-state index contributed by atoms with van der Waals surface area (Å²) >= 11 is 1.71. The smallest absolute Gasteiger partial charge is 0.0945 e. The van der Waals surface area contributed by atoms with Crippen LogP contribution in [0, 0.1) is 6.92 Å². The van der Waals surface area contributed by atoms with E-state index in [1.165, 1.54) is 10.5 Å². The molecule has 1 aromatic rings. The van der Waals surface area contributed by atoms with Gasteiger partial charge in [0.2, 0.25) is 0 Å². The number of rotatable bonds is 2. The van der Waals surface area contributed by atoms with Crippen molar-refractivity contribution in [2.45, 2.75) is 11.8 Å². The molecule has 1 heterocycles. The van der Waals surface area contributed by atoms with Gasteiger partial charge in [-0.1, -0.05) is 0 Å². The number of aromatic nitrogens is 1. The van der Waals surface area contributed by atoms with Crippen LogP contribution >= 0.6 is 11.8 Å². The second-order valence-corrected chi connectivity index (χ2v) is 3.25. The van der Waals surface area contributed by atoms with E-state index in [2.05, 4.69) is 23.2 Å². The van der Waals surface area contributed by atoms with Gasteiger partial charge in [0, 0.05) is 24.4 Å². The summed E-state index contributed by atoms with van der Waals surface area (Å²) in [5.41, 5.74) is 2.22. The van der Waals surface area contributed by atoms with E-state index in [-0.39, 0.29) is 0 Å². The van der Waals surface area contributed by atoms with Gasteiger partial charge in [0.1, 0.15) is 0 Å². The fourth-order valence-electron chi connectivity index (χ4n) is 1.05. The molecule has 3 heteroatoms. The zero-order chi connectivity index (χ0) is 8.97. The summed E-state index contributed by atoms with van der Waals surface area (Å²) in [5, 5.41) is 0. The van der Waals surface area contributed by atoms with Crippen molar-refractivity contribution >= 4 is 18.0 Å². The van der Waals surface area contributed by atoms with Gasteiger partial charge < -0.3 is 0 Å². The van der Waals surface area contributed by atoms with Crippen molar-refractivity contribution in [2.24, 2.45) is 4.99 Å². The third-order valence-corrected chi connectivity index (χ3v) is 2.52. The van der Waals surface area contributed by atoms with Gasteiger partial charge in [0.15, 0.2) is 0 Å². The molecular formula is C9H12N2S. The van der Waals surface area contributed by atoms with E-state index < -0.39 is 0 Å². The van der Waals surface area contributed by atoms with Gasteiger partial charge in [-0.3, -0.25) is 9.98 Å². The number of hydrogen-bond acceptors (Lipinski definition) is 3. The third kappa shape index (κ3) is 1.85. The highest BCUT2D eigenvalue weighted by molar-refractivity contribution is 7.98. The second-order valence-electron chi connectivity index (χ2n) is 2.43. The van der Waals surface area contributed by atoms with Gasteiger partial charge in [0.25, 0.3) is 0 Å². The zero-order valence-electron chi connectivity index (χ0n) is 7.53. The molecule has 0 spiro atoms. The first kappa shape index (κ1) is 9.26. The Morgan fingerprint density at radius 2 is 2.33 bits per heavy atom. The van der Waals surface area contributed by atoms with E-state index in [0.717, 1.165) is 5.69 Å². The summed E-state index contributed by atoms with van der Waals surface area (Å²) in [6.07, 6.45) is 5.65. The minimum Gasteiger partial charge on any atom is -0.294 e. The molecule has 12 heavy (non-hydrogen) atoms. The number of aliphatic imine (C=N–C) groups is 1. The van der Waals surface area contributed by atoms with Gasteiger partial charge >= 0.3 is 0 Å². The van der Waals surface area contributed by atoms with Crippen molar-refractivity contribution in [3.8, 4) is 0 Å². The second kappa shape index (κ2) is 4.26. The summed E-state index contributed by atoms with van der Waals surface area (Å²) in [6.45, 7) is 2.08. The van der Waals surface area contributed by atoms with Crippen LogP contribution in [0.3, 0.4) is 0 Å². The molecule has 1 rings (SSSR count). The predicted octanol–water partition coefficient (Wildman–Crippen LogP) is 2.16. The van der Waals surface area contributed by atoms with E-state index in [0.29, 0.717) is 0 Å². The van der Waals surface area contributed by atoms with Crippen molar-refractivity contribution < 1.29 is 0 Å². The summed E-state index contributed by atoms with van der Waals surface area (Å²) < 4.78 is 0. The maximum Gasteiger partial charge on any atom is 0.0945 e. The summed E-state index contributed by atoms with van der Waals surface area (Å²) in [7, 11) is 1.76. The highest BCUT2D eigenvalue weighted by Crippen LogP contribution is 2.21. The molecule has 0 aromatic carbocycles. The van der Waals surface area contributed by atoms with Crippen LogP contribution < -0.4 is 0 Å². The predicted molar refractivity (Wildman–Crippen MR) is 54.3 cm³/mol. The summed E-state index contributed by atoms with van der Waals surface area (Å²) in [4.78, 5) is 9.40. The van der Waals surface area contributed by atoms with Crippen molar-refractivity contribution in [2.75, 3.05) is 13.3 Å². The number of thioether (sulfide) groups is 1. The standard InChI is InChI=1S/C9H12N2S/c1-7-4-5-11-8(6-10-2)9(7)12-3/h4-6H,1-3H3/b10-6-. The molecule has 0 saturated carbocycles. The molecule has 0 saturated heterocycles. The van der Waals surface area contributed by atoms with E-state index in [1.54, 1.807) is 25.0 Å². The van der Waals surface area contributed by atoms with Crippen molar-refractivity contribution in [3.05, 3.63) is 23.5 Å².